The van der Waals surface area contributed by atoms with Crippen LogP contribution in [0.5, 0.6) is 11.5 Å². The maximum absolute atomic E-state index is 10.9. The summed E-state index contributed by atoms with van der Waals surface area (Å²) in [5.41, 5.74) is 1.12. The molecular formula is C15H10ClNO3. The number of nitrogens with zero attached hydrogens (tertiary/aromatic N) is 1. The molecule has 0 aliphatic carbocycles. The Morgan fingerprint density at radius 1 is 1.30 bits per heavy atom. The molecule has 20 heavy (non-hydrogen) atoms. The van der Waals surface area contributed by atoms with Gasteiger partial charge >= 0.3 is 5.97 Å². The summed E-state index contributed by atoms with van der Waals surface area (Å²) in [6.07, 6.45) is 0. The number of aromatic carboxylic acids is 1. The van der Waals surface area contributed by atoms with Crippen molar-refractivity contribution in [3.8, 4) is 17.6 Å². The van der Waals surface area contributed by atoms with Gasteiger partial charge in [-0.05, 0) is 48.9 Å². The van der Waals surface area contributed by atoms with E-state index >= 15 is 0 Å². The van der Waals surface area contributed by atoms with Crippen molar-refractivity contribution in [3.63, 3.8) is 0 Å². The van der Waals surface area contributed by atoms with Crippen molar-refractivity contribution < 1.29 is 14.6 Å². The van der Waals surface area contributed by atoms with Gasteiger partial charge in [0.15, 0.2) is 0 Å². The van der Waals surface area contributed by atoms with E-state index in [-0.39, 0.29) is 5.56 Å². The molecule has 0 saturated carbocycles. The summed E-state index contributed by atoms with van der Waals surface area (Å²) in [5.74, 6) is -0.149. The van der Waals surface area contributed by atoms with Crippen LogP contribution in [0.15, 0.2) is 36.4 Å². The Morgan fingerprint density at radius 3 is 2.65 bits per heavy atom. The summed E-state index contributed by atoms with van der Waals surface area (Å²) in [7, 11) is 0. The molecule has 0 amide bonds. The van der Waals surface area contributed by atoms with E-state index in [0.717, 1.165) is 0 Å². The molecule has 2 rings (SSSR count). The second-order valence-electron chi connectivity index (χ2n) is 4.14. The van der Waals surface area contributed by atoms with E-state index in [4.69, 9.17) is 26.7 Å². The fourth-order valence-corrected chi connectivity index (χ4v) is 1.92. The Hall–Kier alpha value is -2.51. The highest BCUT2D eigenvalue weighted by Crippen LogP contribution is 2.28. The van der Waals surface area contributed by atoms with Crippen molar-refractivity contribution in [2.45, 2.75) is 6.92 Å². The predicted octanol–water partition coefficient (Wildman–Crippen LogP) is 4.01. The minimum atomic E-state index is -0.988. The zero-order valence-corrected chi connectivity index (χ0v) is 11.3. The summed E-state index contributed by atoms with van der Waals surface area (Å²) in [6, 6.07) is 11.4. The quantitative estimate of drug-likeness (QED) is 0.926. The molecule has 100 valence electrons. The molecule has 0 aromatic heterocycles. The highest BCUT2D eigenvalue weighted by atomic mass is 35.5. The molecule has 4 nitrogen and oxygen atoms in total. The monoisotopic (exact) mass is 287 g/mol. The van der Waals surface area contributed by atoms with E-state index < -0.39 is 5.97 Å². The lowest BCUT2D eigenvalue weighted by Crippen LogP contribution is -1.99. The Bertz CT molecular complexity index is 720. The second kappa shape index (κ2) is 5.64. The zero-order valence-electron chi connectivity index (χ0n) is 10.6. The van der Waals surface area contributed by atoms with Gasteiger partial charge in [0.25, 0.3) is 0 Å². The number of aryl methyl sites for hydroxylation is 1. The van der Waals surface area contributed by atoms with Gasteiger partial charge in [0, 0.05) is 5.02 Å². The maximum Gasteiger partial charge on any atom is 0.335 e. The SMILES string of the molecule is Cc1cc(Oc2ccc(Cl)cc2C#N)ccc1C(=O)O. The number of hydrogen-bond acceptors (Lipinski definition) is 3. The molecule has 1 N–H and O–H groups in total. The lowest BCUT2D eigenvalue weighted by Gasteiger charge is -2.09. The molecule has 0 heterocycles. The lowest BCUT2D eigenvalue weighted by atomic mass is 10.1. The van der Waals surface area contributed by atoms with Crippen LogP contribution >= 0.6 is 11.6 Å². The first kappa shape index (κ1) is 13.9. The van der Waals surface area contributed by atoms with Crippen LogP contribution in [0.25, 0.3) is 0 Å². The summed E-state index contributed by atoms with van der Waals surface area (Å²) >= 11 is 5.81. The fourth-order valence-electron chi connectivity index (χ4n) is 1.75. The molecule has 0 aliphatic heterocycles. The molecule has 2 aromatic carbocycles. The van der Waals surface area contributed by atoms with Crippen LogP contribution in [-0.4, -0.2) is 11.1 Å². The van der Waals surface area contributed by atoms with Crippen molar-refractivity contribution in [3.05, 3.63) is 58.1 Å². The molecule has 0 saturated heterocycles. The van der Waals surface area contributed by atoms with E-state index in [1.165, 1.54) is 12.1 Å². The largest absolute Gasteiger partial charge is 0.478 e. The van der Waals surface area contributed by atoms with Gasteiger partial charge in [-0.15, -0.1) is 0 Å². The number of hydrogen-bond donors (Lipinski definition) is 1. The van der Waals surface area contributed by atoms with Crippen molar-refractivity contribution in [2.24, 2.45) is 0 Å². The predicted molar refractivity (Wildman–Crippen MR) is 74.4 cm³/mol. The molecular weight excluding hydrogens is 278 g/mol. The number of ether oxygens (including phenoxy) is 1. The van der Waals surface area contributed by atoms with E-state index in [2.05, 4.69) is 0 Å². The average molecular weight is 288 g/mol. The molecule has 0 unspecified atom stereocenters. The summed E-state index contributed by atoms with van der Waals surface area (Å²) in [5, 5.41) is 18.4. The van der Waals surface area contributed by atoms with Gasteiger partial charge in [-0.25, -0.2) is 4.79 Å². The summed E-state index contributed by atoms with van der Waals surface area (Å²) < 4.78 is 5.60. The highest BCUT2D eigenvalue weighted by molar-refractivity contribution is 6.30. The van der Waals surface area contributed by atoms with Gasteiger partial charge in [-0.3, -0.25) is 0 Å². The minimum Gasteiger partial charge on any atom is -0.478 e. The number of benzene rings is 2. The number of carbonyl (C=O) groups is 1. The van der Waals surface area contributed by atoms with Gasteiger partial charge in [0.1, 0.15) is 17.6 Å². The first-order valence-corrected chi connectivity index (χ1v) is 6.10. The van der Waals surface area contributed by atoms with E-state index in [1.54, 1.807) is 31.2 Å². The van der Waals surface area contributed by atoms with Gasteiger partial charge in [-0.1, -0.05) is 11.6 Å². The normalized spacial score (nSPS) is 9.85. The number of carboxylic acid groups (broad SMARTS) is 1. The van der Waals surface area contributed by atoms with Gasteiger partial charge in [0.2, 0.25) is 0 Å². The van der Waals surface area contributed by atoms with Crippen LogP contribution in [0.1, 0.15) is 21.5 Å². The van der Waals surface area contributed by atoms with Crippen LogP contribution in [-0.2, 0) is 0 Å². The maximum atomic E-state index is 10.9. The van der Waals surface area contributed by atoms with Crippen molar-refractivity contribution in [2.75, 3.05) is 0 Å². The van der Waals surface area contributed by atoms with Crippen LogP contribution in [0.3, 0.4) is 0 Å². The van der Waals surface area contributed by atoms with E-state index in [0.29, 0.717) is 27.6 Å². The second-order valence-corrected chi connectivity index (χ2v) is 4.57. The average Bonchev–Trinajstić information content (AvgIpc) is 2.40. The first-order valence-electron chi connectivity index (χ1n) is 5.72. The van der Waals surface area contributed by atoms with E-state index in [1.807, 2.05) is 6.07 Å². The molecule has 0 bridgehead atoms. The van der Waals surface area contributed by atoms with Crippen molar-refractivity contribution in [1.29, 1.82) is 5.26 Å². The standard InChI is InChI=1S/C15H10ClNO3/c1-9-6-12(3-4-13(9)15(18)19)20-14-5-2-11(16)7-10(14)8-17/h2-7H,1H3,(H,18,19). The lowest BCUT2D eigenvalue weighted by molar-refractivity contribution is 0.0696. The Morgan fingerprint density at radius 2 is 2.05 bits per heavy atom. The van der Waals surface area contributed by atoms with Crippen molar-refractivity contribution >= 4 is 17.6 Å². The van der Waals surface area contributed by atoms with E-state index in [9.17, 15) is 4.79 Å². The fraction of sp³-hybridized carbons (Fsp3) is 0.0667. The molecule has 0 spiro atoms. The summed E-state index contributed by atoms with van der Waals surface area (Å²) in [6.45, 7) is 1.68. The Balaban J connectivity index is 2.34. The number of nitriles is 1. The van der Waals surface area contributed by atoms with Crippen LogP contribution in [0.4, 0.5) is 0 Å². The summed E-state index contributed by atoms with van der Waals surface area (Å²) in [4.78, 5) is 10.9. The topological polar surface area (TPSA) is 70.3 Å². The van der Waals surface area contributed by atoms with Crippen LogP contribution < -0.4 is 4.74 Å². The molecule has 0 radical (unpaired) electrons. The molecule has 0 aliphatic rings. The van der Waals surface area contributed by atoms with Gasteiger partial charge in [-0.2, -0.15) is 5.26 Å². The van der Waals surface area contributed by atoms with Gasteiger partial charge < -0.3 is 9.84 Å². The third-order valence-corrected chi connectivity index (χ3v) is 2.95. The molecule has 2 aromatic rings. The Kier molecular flexibility index (Phi) is 3.92. The van der Waals surface area contributed by atoms with Gasteiger partial charge in [0.05, 0.1) is 11.1 Å². The highest BCUT2D eigenvalue weighted by Gasteiger charge is 2.10. The minimum absolute atomic E-state index is 0.217. The molecule has 0 fully saturated rings. The zero-order chi connectivity index (χ0) is 14.7. The number of carboxylic acids is 1. The molecule has 0 atom stereocenters. The molecule has 5 heteroatoms. The third kappa shape index (κ3) is 2.90. The first-order chi connectivity index (χ1) is 9.51. The van der Waals surface area contributed by atoms with Crippen molar-refractivity contribution in [1.82, 2.24) is 0 Å². The van der Waals surface area contributed by atoms with Crippen LogP contribution in [0.2, 0.25) is 5.02 Å². The van der Waals surface area contributed by atoms with Crippen LogP contribution in [0, 0.1) is 18.3 Å². The smallest absolute Gasteiger partial charge is 0.335 e. The third-order valence-electron chi connectivity index (χ3n) is 2.72. The Labute approximate surface area is 120 Å². The number of rotatable bonds is 3. The number of halogens is 1.